The average molecular weight is 293 g/mol. The molecule has 1 aromatic carbocycles. The Morgan fingerprint density at radius 2 is 2.20 bits per heavy atom. The topological polar surface area (TPSA) is 66.4 Å². The molecule has 1 aliphatic rings. The smallest absolute Gasteiger partial charge is 0.240 e. The summed E-state index contributed by atoms with van der Waals surface area (Å²) in [4.78, 5) is 0.224. The summed E-state index contributed by atoms with van der Waals surface area (Å²) in [5.41, 5.74) is 0.585. The van der Waals surface area contributed by atoms with Crippen molar-refractivity contribution < 1.29 is 13.5 Å². The molecule has 1 aromatic rings. The van der Waals surface area contributed by atoms with E-state index < -0.39 is 10.0 Å². The van der Waals surface area contributed by atoms with Crippen LogP contribution < -0.4 is 4.72 Å². The molecule has 0 aromatic heterocycles. The van der Waals surface area contributed by atoms with Crippen LogP contribution in [0.3, 0.4) is 0 Å². The fourth-order valence-electron chi connectivity index (χ4n) is 2.48. The lowest BCUT2D eigenvalue weighted by Gasteiger charge is -2.13. The number of aliphatic hydroxyl groups excluding tert-OH is 1. The molecule has 20 heavy (non-hydrogen) atoms. The molecule has 108 valence electrons. The van der Waals surface area contributed by atoms with Crippen LogP contribution in [0.25, 0.3) is 0 Å². The first kappa shape index (κ1) is 15.0. The monoisotopic (exact) mass is 293 g/mol. The Balaban J connectivity index is 2.16. The van der Waals surface area contributed by atoms with Gasteiger partial charge in [0.05, 0.1) is 4.90 Å². The molecule has 4 nitrogen and oxygen atoms in total. The highest BCUT2D eigenvalue weighted by Crippen LogP contribution is 2.26. The fourth-order valence-corrected chi connectivity index (χ4v) is 3.81. The molecular weight excluding hydrogens is 274 g/mol. The van der Waals surface area contributed by atoms with Gasteiger partial charge >= 0.3 is 0 Å². The number of aliphatic hydroxyl groups is 1. The lowest BCUT2D eigenvalue weighted by molar-refractivity contribution is 0.350. The number of hydrogen-bond acceptors (Lipinski definition) is 3. The molecule has 0 amide bonds. The van der Waals surface area contributed by atoms with E-state index in [1.165, 1.54) is 6.07 Å². The van der Waals surface area contributed by atoms with Gasteiger partial charge in [-0.05, 0) is 43.4 Å². The zero-order chi connectivity index (χ0) is 14.6. The summed E-state index contributed by atoms with van der Waals surface area (Å²) in [6.07, 6.45) is 2.85. The molecule has 1 saturated carbocycles. The lowest BCUT2D eigenvalue weighted by Crippen LogP contribution is -2.32. The van der Waals surface area contributed by atoms with Crippen LogP contribution in [0.1, 0.15) is 31.7 Å². The van der Waals surface area contributed by atoms with Gasteiger partial charge in [-0.25, -0.2) is 13.1 Å². The van der Waals surface area contributed by atoms with Crippen LogP contribution in [0, 0.1) is 17.8 Å². The summed E-state index contributed by atoms with van der Waals surface area (Å²) in [6.45, 7) is 1.90. The molecule has 2 rings (SSSR count). The van der Waals surface area contributed by atoms with Crippen LogP contribution in [-0.2, 0) is 10.0 Å². The molecule has 0 bridgehead atoms. The van der Waals surface area contributed by atoms with Crippen molar-refractivity contribution in [2.24, 2.45) is 5.92 Å². The van der Waals surface area contributed by atoms with Gasteiger partial charge in [0.25, 0.3) is 0 Å². The van der Waals surface area contributed by atoms with E-state index in [1.807, 2.05) is 0 Å². The minimum absolute atomic E-state index is 0.0298. The van der Waals surface area contributed by atoms with Crippen molar-refractivity contribution in [1.29, 1.82) is 0 Å². The van der Waals surface area contributed by atoms with Crippen molar-refractivity contribution in [1.82, 2.24) is 4.72 Å². The zero-order valence-corrected chi connectivity index (χ0v) is 12.3. The van der Waals surface area contributed by atoms with E-state index in [4.69, 9.17) is 5.11 Å². The van der Waals surface area contributed by atoms with Crippen molar-refractivity contribution >= 4 is 10.0 Å². The van der Waals surface area contributed by atoms with Crippen molar-refractivity contribution in [3.05, 3.63) is 29.8 Å². The number of rotatable bonds is 3. The van der Waals surface area contributed by atoms with Gasteiger partial charge in [0.1, 0.15) is 6.61 Å². The summed E-state index contributed by atoms with van der Waals surface area (Å²) >= 11 is 0. The summed E-state index contributed by atoms with van der Waals surface area (Å²) in [6, 6.07) is 6.50. The molecular formula is C15H19NO3S. The predicted octanol–water partition coefficient (Wildman–Crippen LogP) is 1.50. The normalized spacial score (nSPS) is 22.3. The molecule has 0 saturated heterocycles. The highest BCUT2D eigenvalue weighted by atomic mass is 32.2. The van der Waals surface area contributed by atoms with E-state index in [-0.39, 0.29) is 17.5 Å². The summed E-state index contributed by atoms with van der Waals surface area (Å²) in [5.74, 6) is 5.80. The van der Waals surface area contributed by atoms with Gasteiger partial charge in [0.2, 0.25) is 10.0 Å². The van der Waals surface area contributed by atoms with E-state index in [1.54, 1.807) is 18.2 Å². The van der Waals surface area contributed by atoms with Crippen molar-refractivity contribution in [3.8, 4) is 11.8 Å². The van der Waals surface area contributed by atoms with E-state index in [0.717, 1.165) is 19.3 Å². The van der Waals surface area contributed by atoms with Gasteiger partial charge in [-0.2, -0.15) is 0 Å². The Bertz CT molecular complexity index is 628. The van der Waals surface area contributed by atoms with Crippen LogP contribution in [-0.4, -0.2) is 26.2 Å². The lowest BCUT2D eigenvalue weighted by atomic mass is 10.1. The molecule has 0 aliphatic heterocycles. The molecule has 5 heteroatoms. The standard InChI is InChI=1S/C15H19NO3S/c1-12-7-8-14(10-12)16-20(18,19)15-6-2-4-13(11-15)5-3-9-17/h2,4,6,11-12,14,16-17H,7-10H2,1H3. The third-order valence-corrected chi connectivity index (χ3v) is 4.99. The van der Waals surface area contributed by atoms with E-state index in [9.17, 15) is 8.42 Å². The van der Waals surface area contributed by atoms with Crippen molar-refractivity contribution in [2.75, 3.05) is 6.61 Å². The number of nitrogens with one attached hydrogen (secondary N) is 1. The van der Waals surface area contributed by atoms with Crippen molar-refractivity contribution in [3.63, 3.8) is 0 Å². The molecule has 2 unspecified atom stereocenters. The predicted molar refractivity (Wildman–Crippen MR) is 77.5 cm³/mol. The van der Waals surface area contributed by atoms with Crippen LogP contribution in [0.4, 0.5) is 0 Å². The Morgan fingerprint density at radius 3 is 2.85 bits per heavy atom. The number of hydrogen-bond donors (Lipinski definition) is 2. The first-order valence-electron chi connectivity index (χ1n) is 6.73. The minimum Gasteiger partial charge on any atom is -0.384 e. The van der Waals surface area contributed by atoms with Gasteiger partial charge < -0.3 is 5.11 Å². The van der Waals surface area contributed by atoms with Gasteiger partial charge in [-0.1, -0.05) is 24.8 Å². The molecule has 1 aliphatic carbocycles. The number of sulfonamides is 1. The summed E-state index contributed by atoms with van der Waals surface area (Å²) in [7, 11) is -3.49. The highest BCUT2D eigenvalue weighted by molar-refractivity contribution is 7.89. The van der Waals surface area contributed by atoms with E-state index >= 15 is 0 Å². The largest absolute Gasteiger partial charge is 0.384 e. The summed E-state index contributed by atoms with van der Waals surface area (Å²) < 4.78 is 27.4. The fraction of sp³-hybridized carbons (Fsp3) is 0.467. The van der Waals surface area contributed by atoms with Gasteiger partial charge in [0.15, 0.2) is 0 Å². The Kier molecular flexibility index (Phi) is 4.81. The second kappa shape index (κ2) is 6.40. The maximum absolute atomic E-state index is 12.3. The van der Waals surface area contributed by atoms with E-state index in [0.29, 0.717) is 11.5 Å². The van der Waals surface area contributed by atoms with Crippen LogP contribution >= 0.6 is 0 Å². The minimum atomic E-state index is -3.49. The SMILES string of the molecule is CC1CCC(NS(=O)(=O)c2cccc(C#CCO)c2)C1. The molecule has 2 N–H and O–H groups in total. The van der Waals surface area contributed by atoms with Crippen LogP contribution in [0.15, 0.2) is 29.2 Å². The second-order valence-corrected chi connectivity index (χ2v) is 6.94. The molecule has 0 heterocycles. The first-order valence-corrected chi connectivity index (χ1v) is 8.21. The molecule has 1 fully saturated rings. The average Bonchev–Trinajstić information content (AvgIpc) is 2.81. The molecule has 2 atom stereocenters. The molecule has 0 spiro atoms. The molecule has 0 radical (unpaired) electrons. The Hall–Kier alpha value is -1.35. The zero-order valence-electron chi connectivity index (χ0n) is 11.5. The maximum Gasteiger partial charge on any atom is 0.240 e. The second-order valence-electron chi connectivity index (χ2n) is 5.22. The third-order valence-electron chi connectivity index (χ3n) is 3.47. The van der Waals surface area contributed by atoms with Crippen LogP contribution in [0.2, 0.25) is 0 Å². The van der Waals surface area contributed by atoms with Gasteiger partial charge in [-0.3, -0.25) is 0 Å². The maximum atomic E-state index is 12.3. The highest BCUT2D eigenvalue weighted by Gasteiger charge is 2.26. The number of benzene rings is 1. The summed E-state index contributed by atoms with van der Waals surface area (Å²) in [5, 5.41) is 8.67. The Labute approximate surface area is 120 Å². The van der Waals surface area contributed by atoms with E-state index in [2.05, 4.69) is 23.5 Å². The van der Waals surface area contributed by atoms with Crippen molar-refractivity contribution in [2.45, 2.75) is 37.1 Å². The van der Waals surface area contributed by atoms with Gasteiger partial charge in [-0.15, -0.1) is 0 Å². The first-order chi connectivity index (χ1) is 9.51. The van der Waals surface area contributed by atoms with Gasteiger partial charge in [0, 0.05) is 11.6 Å². The quantitative estimate of drug-likeness (QED) is 0.830. The Morgan fingerprint density at radius 1 is 1.40 bits per heavy atom. The third kappa shape index (κ3) is 3.83. The van der Waals surface area contributed by atoms with Crippen LogP contribution in [0.5, 0.6) is 0 Å².